The number of hydrogen-bond acceptors (Lipinski definition) is 3. The quantitative estimate of drug-likeness (QED) is 0.825. The van der Waals surface area contributed by atoms with Gasteiger partial charge in [0.25, 0.3) is 0 Å². The molecule has 1 fully saturated rings. The highest BCUT2D eigenvalue weighted by Crippen LogP contribution is 2.24. The number of anilines is 1. The molecule has 2 aromatic carbocycles. The Hall–Kier alpha value is -3.02. The first-order valence-electron chi connectivity index (χ1n) is 9.07. The molecule has 3 rings (SSSR count). The summed E-state index contributed by atoms with van der Waals surface area (Å²) in [5.74, 6) is 1.00. The van der Waals surface area contributed by atoms with Crippen molar-refractivity contribution < 1.29 is 14.3 Å². The van der Waals surface area contributed by atoms with Crippen LogP contribution in [0.3, 0.4) is 0 Å². The number of urea groups is 1. The van der Waals surface area contributed by atoms with E-state index in [9.17, 15) is 9.59 Å². The predicted molar refractivity (Wildman–Crippen MR) is 105 cm³/mol. The number of carbonyl (C=O) groups is 2. The van der Waals surface area contributed by atoms with E-state index in [-0.39, 0.29) is 17.9 Å². The lowest BCUT2D eigenvalue weighted by molar-refractivity contribution is -0.117. The summed E-state index contributed by atoms with van der Waals surface area (Å²) in [6.45, 7) is 3.56. The molecule has 0 bridgehead atoms. The minimum Gasteiger partial charge on any atom is -0.497 e. The topological polar surface area (TPSA) is 70.7 Å². The third-order valence-electron chi connectivity index (χ3n) is 4.71. The minimum atomic E-state index is -0.230. The van der Waals surface area contributed by atoms with Crippen LogP contribution in [0.2, 0.25) is 0 Å². The number of benzene rings is 2. The van der Waals surface area contributed by atoms with Gasteiger partial charge < -0.3 is 20.3 Å². The molecule has 0 aliphatic carbocycles. The highest BCUT2D eigenvalue weighted by atomic mass is 16.5. The number of ether oxygens (including phenoxy) is 1. The Morgan fingerprint density at radius 1 is 1.11 bits per heavy atom. The van der Waals surface area contributed by atoms with Crippen molar-refractivity contribution in [3.63, 3.8) is 0 Å². The van der Waals surface area contributed by atoms with E-state index < -0.39 is 0 Å². The highest BCUT2D eigenvalue weighted by Gasteiger charge is 2.30. The number of aryl methyl sites for hydroxylation is 1. The molecule has 1 saturated heterocycles. The molecule has 6 nitrogen and oxygen atoms in total. The zero-order chi connectivity index (χ0) is 19.2. The molecule has 1 aliphatic rings. The van der Waals surface area contributed by atoms with Gasteiger partial charge in [-0.15, -0.1) is 0 Å². The van der Waals surface area contributed by atoms with Gasteiger partial charge in [0, 0.05) is 37.7 Å². The second-order valence-electron chi connectivity index (χ2n) is 6.82. The van der Waals surface area contributed by atoms with E-state index in [0.717, 1.165) is 22.6 Å². The number of nitrogens with zero attached hydrogens (tertiary/aromatic N) is 1. The van der Waals surface area contributed by atoms with Gasteiger partial charge in [0.2, 0.25) is 5.91 Å². The Balaban J connectivity index is 1.43. The summed E-state index contributed by atoms with van der Waals surface area (Å²) >= 11 is 0. The predicted octanol–water partition coefficient (Wildman–Crippen LogP) is 2.86. The highest BCUT2D eigenvalue weighted by molar-refractivity contribution is 5.95. The standard InChI is InChI=1S/C21H25N3O3/c1-15-3-7-18(8-4-15)24-14-17(11-20(24)25)13-23-21(26)22-12-16-5-9-19(27-2)10-6-16/h3-10,17H,11-14H2,1-2H3,(H2,22,23,26)/t17-/m1/s1. The van der Waals surface area contributed by atoms with Crippen LogP contribution in [0.1, 0.15) is 17.5 Å². The lowest BCUT2D eigenvalue weighted by Crippen LogP contribution is -2.38. The maximum Gasteiger partial charge on any atom is 0.315 e. The number of methoxy groups -OCH3 is 1. The number of amides is 3. The van der Waals surface area contributed by atoms with E-state index in [1.54, 1.807) is 12.0 Å². The molecule has 27 heavy (non-hydrogen) atoms. The van der Waals surface area contributed by atoms with Crippen LogP contribution in [0.4, 0.5) is 10.5 Å². The van der Waals surface area contributed by atoms with Gasteiger partial charge in [-0.3, -0.25) is 4.79 Å². The fourth-order valence-corrected chi connectivity index (χ4v) is 3.12. The van der Waals surface area contributed by atoms with Crippen LogP contribution in [0.25, 0.3) is 0 Å². The van der Waals surface area contributed by atoms with Crippen molar-refractivity contribution in [3.05, 3.63) is 59.7 Å². The van der Waals surface area contributed by atoms with E-state index >= 15 is 0 Å². The van der Waals surface area contributed by atoms with Crippen LogP contribution in [0.5, 0.6) is 5.75 Å². The third-order valence-corrected chi connectivity index (χ3v) is 4.71. The molecule has 3 amide bonds. The van der Waals surface area contributed by atoms with Gasteiger partial charge >= 0.3 is 6.03 Å². The summed E-state index contributed by atoms with van der Waals surface area (Å²) < 4.78 is 5.11. The Bertz CT molecular complexity index is 787. The molecule has 2 N–H and O–H groups in total. The Labute approximate surface area is 159 Å². The zero-order valence-electron chi connectivity index (χ0n) is 15.7. The lowest BCUT2D eigenvalue weighted by Gasteiger charge is -2.17. The summed E-state index contributed by atoms with van der Waals surface area (Å²) in [5.41, 5.74) is 3.07. The van der Waals surface area contributed by atoms with Crippen molar-refractivity contribution in [2.24, 2.45) is 5.92 Å². The lowest BCUT2D eigenvalue weighted by atomic mass is 10.1. The van der Waals surface area contributed by atoms with Gasteiger partial charge in [-0.1, -0.05) is 29.8 Å². The maximum absolute atomic E-state index is 12.3. The number of nitrogens with one attached hydrogen (secondary N) is 2. The first-order chi connectivity index (χ1) is 13.0. The van der Waals surface area contributed by atoms with Crippen molar-refractivity contribution in [1.82, 2.24) is 10.6 Å². The van der Waals surface area contributed by atoms with Crippen LogP contribution in [-0.2, 0) is 11.3 Å². The number of carbonyl (C=O) groups excluding carboxylic acids is 2. The molecule has 0 saturated carbocycles. The minimum absolute atomic E-state index is 0.101. The summed E-state index contributed by atoms with van der Waals surface area (Å²) in [4.78, 5) is 26.1. The summed E-state index contributed by atoms with van der Waals surface area (Å²) in [5, 5.41) is 5.70. The molecule has 1 atom stereocenters. The monoisotopic (exact) mass is 367 g/mol. The van der Waals surface area contributed by atoms with E-state index in [1.165, 1.54) is 0 Å². The molecule has 142 valence electrons. The summed E-state index contributed by atoms with van der Waals surface area (Å²) in [6, 6.07) is 15.2. The van der Waals surface area contributed by atoms with Crippen LogP contribution in [0, 0.1) is 12.8 Å². The van der Waals surface area contributed by atoms with E-state index in [1.807, 2.05) is 55.5 Å². The van der Waals surface area contributed by atoms with Crippen molar-refractivity contribution in [3.8, 4) is 5.75 Å². The van der Waals surface area contributed by atoms with Crippen molar-refractivity contribution >= 4 is 17.6 Å². The molecular formula is C21H25N3O3. The number of hydrogen-bond donors (Lipinski definition) is 2. The normalized spacial score (nSPS) is 16.3. The molecular weight excluding hydrogens is 342 g/mol. The first-order valence-corrected chi connectivity index (χ1v) is 9.07. The second-order valence-corrected chi connectivity index (χ2v) is 6.82. The maximum atomic E-state index is 12.3. The average Bonchev–Trinajstić information content (AvgIpc) is 3.06. The van der Waals surface area contributed by atoms with Gasteiger partial charge in [0.15, 0.2) is 0 Å². The molecule has 1 aliphatic heterocycles. The largest absolute Gasteiger partial charge is 0.497 e. The molecule has 2 aromatic rings. The Morgan fingerprint density at radius 2 is 1.81 bits per heavy atom. The molecule has 0 spiro atoms. The number of rotatable bonds is 6. The van der Waals surface area contributed by atoms with E-state index in [4.69, 9.17) is 4.74 Å². The van der Waals surface area contributed by atoms with E-state index in [0.29, 0.717) is 26.1 Å². The molecule has 0 unspecified atom stereocenters. The molecule has 0 aromatic heterocycles. The SMILES string of the molecule is COc1ccc(CNC(=O)NC[C@H]2CC(=O)N(c3ccc(C)cc3)C2)cc1. The smallest absolute Gasteiger partial charge is 0.315 e. The van der Waals surface area contributed by atoms with E-state index in [2.05, 4.69) is 10.6 Å². The zero-order valence-corrected chi connectivity index (χ0v) is 15.7. The fourth-order valence-electron chi connectivity index (χ4n) is 3.12. The van der Waals surface area contributed by atoms with Crippen LogP contribution >= 0.6 is 0 Å². The molecule has 6 heteroatoms. The Kier molecular flexibility index (Phi) is 5.96. The first kappa shape index (κ1) is 18.8. The van der Waals surface area contributed by atoms with Crippen LogP contribution in [0.15, 0.2) is 48.5 Å². The average molecular weight is 367 g/mol. The van der Waals surface area contributed by atoms with Crippen molar-refractivity contribution in [2.45, 2.75) is 19.9 Å². The molecule has 1 heterocycles. The summed E-state index contributed by atoms with van der Waals surface area (Å²) in [7, 11) is 1.62. The molecule has 0 radical (unpaired) electrons. The van der Waals surface area contributed by atoms with Gasteiger partial charge in [-0.05, 0) is 36.8 Å². The van der Waals surface area contributed by atoms with Gasteiger partial charge in [-0.2, -0.15) is 0 Å². The second kappa shape index (κ2) is 8.58. The van der Waals surface area contributed by atoms with Gasteiger partial charge in [0.05, 0.1) is 7.11 Å². The summed E-state index contributed by atoms with van der Waals surface area (Å²) in [6.07, 6.45) is 0.451. The van der Waals surface area contributed by atoms with Gasteiger partial charge in [0.1, 0.15) is 5.75 Å². The van der Waals surface area contributed by atoms with Crippen LogP contribution < -0.4 is 20.3 Å². The fraction of sp³-hybridized carbons (Fsp3) is 0.333. The van der Waals surface area contributed by atoms with Crippen LogP contribution in [-0.4, -0.2) is 32.1 Å². The van der Waals surface area contributed by atoms with Crippen molar-refractivity contribution in [1.29, 1.82) is 0 Å². The third kappa shape index (κ3) is 5.00. The Morgan fingerprint density at radius 3 is 2.48 bits per heavy atom. The van der Waals surface area contributed by atoms with Crippen molar-refractivity contribution in [2.75, 3.05) is 25.1 Å². The van der Waals surface area contributed by atoms with Gasteiger partial charge in [-0.25, -0.2) is 4.79 Å².